The molecule has 2 aliphatic heterocycles. The Bertz CT molecular complexity index is 1490. The molecule has 4 atom stereocenters. The Kier molecular flexibility index (Phi) is 8.52. The molecule has 0 aromatic heterocycles. The molecule has 3 aliphatic rings. The molecule has 2 aromatic carbocycles. The molecule has 10 heteroatoms. The second kappa shape index (κ2) is 12.0. The minimum atomic E-state index is -1.04. The molecule has 2 N–H and O–H groups in total. The summed E-state index contributed by atoms with van der Waals surface area (Å²) in [6, 6.07) is 11.2. The van der Waals surface area contributed by atoms with Crippen LogP contribution < -0.4 is 10.6 Å². The van der Waals surface area contributed by atoms with Crippen LogP contribution in [0.4, 0.5) is 10.1 Å². The number of para-hydroxylation sites is 1. The number of carbonyl (C=O) groups excluding carboxylic acids is 4. The summed E-state index contributed by atoms with van der Waals surface area (Å²) in [6.07, 6.45) is 2.19. The molecule has 232 valence electrons. The molecule has 4 amide bonds. The summed E-state index contributed by atoms with van der Waals surface area (Å²) in [5.41, 5.74) is 0.701. The second-order valence-electron chi connectivity index (χ2n) is 13.6. The van der Waals surface area contributed by atoms with Gasteiger partial charge in [0.05, 0.1) is 6.42 Å². The van der Waals surface area contributed by atoms with E-state index in [0.29, 0.717) is 17.7 Å². The number of fused-ring (bicyclic) bond motifs is 2. The molecule has 2 aromatic rings. The third kappa shape index (κ3) is 6.05. The van der Waals surface area contributed by atoms with E-state index >= 15 is 0 Å². The Balaban J connectivity index is 1.44. The number of halogens is 1. The van der Waals surface area contributed by atoms with E-state index in [4.69, 9.17) is 6.57 Å². The largest absolute Gasteiger partial charge is 0.344 e. The summed E-state index contributed by atoms with van der Waals surface area (Å²) in [5, 5.41) is 5.83. The van der Waals surface area contributed by atoms with Gasteiger partial charge < -0.3 is 15.5 Å². The molecule has 2 fully saturated rings. The van der Waals surface area contributed by atoms with Gasteiger partial charge in [0.15, 0.2) is 0 Å². The molecule has 1 saturated carbocycles. The smallest absolute Gasteiger partial charge is 0.302 e. The van der Waals surface area contributed by atoms with Crippen LogP contribution in [0.3, 0.4) is 0 Å². The molecule has 1 aliphatic carbocycles. The first-order chi connectivity index (χ1) is 20.8. The molecule has 5 rings (SSSR count). The number of rotatable bonds is 8. The second-order valence-corrected chi connectivity index (χ2v) is 13.6. The molecule has 0 bridgehead atoms. The maximum atomic E-state index is 14.4. The monoisotopic (exact) mass is 601 g/mol. The van der Waals surface area contributed by atoms with E-state index in [1.807, 2.05) is 45.0 Å². The number of nitrogens with one attached hydrogen (secondary N) is 2. The lowest BCUT2D eigenvalue weighted by Crippen LogP contribution is -2.57. The fraction of sp³-hybridized carbons (Fsp3) is 0.500. The van der Waals surface area contributed by atoms with Gasteiger partial charge in [0, 0.05) is 31.6 Å². The molecule has 0 radical (unpaired) electrons. The van der Waals surface area contributed by atoms with E-state index in [-0.39, 0.29) is 42.5 Å². The zero-order valence-corrected chi connectivity index (χ0v) is 25.7. The predicted molar refractivity (Wildman–Crippen MR) is 163 cm³/mol. The normalized spacial score (nSPS) is 22.4. The molecule has 9 nitrogen and oxygen atoms in total. The first kappa shape index (κ1) is 31.2. The van der Waals surface area contributed by atoms with Crippen molar-refractivity contribution in [2.45, 2.75) is 83.0 Å². The zero-order valence-electron chi connectivity index (χ0n) is 25.7. The maximum absolute atomic E-state index is 14.4. The van der Waals surface area contributed by atoms with Crippen molar-refractivity contribution >= 4 is 29.3 Å². The van der Waals surface area contributed by atoms with Crippen molar-refractivity contribution in [3.05, 3.63) is 76.9 Å². The molecule has 2 heterocycles. The summed E-state index contributed by atoms with van der Waals surface area (Å²) in [6.45, 7) is 13.9. The van der Waals surface area contributed by atoms with E-state index < -0.39 is 41.3 Å². The maximum Gasteiger partial charge on any atom is 0.302 e. The SMILES string of the molecule is [C-]#[N+][C@@H]1C[C@@]2(CN1C(=O)[C@H](CC(C)(C)C)N(C)C(=O)[C@H](Cc1ccc(F)cc1)NC(=O)C1CCC1)C(=O)Nc1ccccc12. The van der Waals surface area contributed by atoms with Crippen molar-refractivity contribution in [1.29, 1.82) is 0 Å². The molecule has 1 saturated heterocycles. The minimum Gasteiger partial charge on any atom is -0.344 e. The van der Waals surface area contributed by atoms with Crippen molar-refractivity contribution in [3.8, 4) is 0 Å². The van der Waals surface area contributed by atoms with E-state index in [1.165, 1.54) is 21.9 Å². The summed E-state index contributed by atoms with van der Waals surface area (Å²) in [4.78, 5) is 61.5. The minimum absolute atomic E-state index is 0.0296. The van der Waals surface area contributed by atoms with Gasteiger partial charge in [0.1, 0.15) is 23.3 Å². The van der Waals surface area contributed by atoms with E-state index in [9.17, 15) is 23.6 Å². The van der Waals surface area contributed by atoms with E-state index in [0.717, 1.165) is 24.8 Å². The highest BCUT2D eigenvalue weighted by Crippen LogP contribution is 2.47. The number of nitrogens with zero attached hydrogens (tertiary/aromatic N) is 3. The number of hydrogen-bond acceptors (Lipinski definition) is 4. The number of amides is 4. The summed E-state index contributed by atoms with van der Waals surface area (Å²) in [7, 11) is 1.56. The van der Waals surface area contributed by atoms with Crippen LogP contribution in [0.15, 0.2) is 48.5 Å². The van der Waals surface area contributed by atoms with Crippen LogP contribution in [0.25, 0.3) is 4.85 Å². The van der Waals surface area contributed by atoms with Gasteiger partial charge in [-0.25, -0.2) is 11.0 Å². The molecular formula is C34H40FN5O4. The third-order valence-corrected chi connectivity index (χ3v) is 9.24. The molecular weight excluding hydrogens is 561 g/mol. The number of likely N-dealkylation sites (N-methyl/N-ethyl adjacent to an activating group) is 1. The van der Waals surface area contributed by atoms with Crippen LogP contribution in [-0.4, -0.2) is 65.3 Å². The van der Waals surface area contributed by atoms with Crippen LogP contribution in [0.1, 0.15) is 64.0 Å². The predicted octanol–water partition coefficient (Wildman–Crippen LogP) is 4.28. The number of likely N-dealkylation sites (tertiary alicyclic amines) is 1. The highest BCUT2D eigenvalue weighted by molar-refractivity contribution is 6.07. The van der Waals surface area contributed by atoms with E-state index in [2.05, 4.69) is 15.5 Å². The Morgan fingerprint density at radius 2 is 1.84 bits per heavy atom. The number of benzene rings is 2. The summed E-state index contributed by atoms with van der Waals surface area (Å²) < 4.78 is 13.6. The lowest BCUT2D eigenvalue weighted by molar-refractivity contribution is -0.148. The van der Waals surface area contributed by atoms with E-state index in [1.54, 1.807) is 19.2 Å². The summed E-state index contributed by atoms with van der Waals surface area (Å²) in [5.74, 6) is -1.85. The van der Waals surface area contributed by atoms with Gasteiger partial charge in [-0.05, 0) is 54.0 Å². The van der Waals surface area contributed by atoms with Gasteiger partial charge in [-0.3, -0.25) is 28.9 Å². The van der Waals surface area contributed by atoms with Crippen molar-refractivity contribution < 1.29 is 23.6 Å². The molecule has 0 unspecified atom stereocenters. The van der Waals surface area contributed by atoms with Crippen LogP contribution in [0.5, 0.6) is 0 Å². The fourth-order valence-corrected chi connectivity index (χ4v) is 6.53. The zero-order chi connectivity index (χ0) is 31.8. The van der Waals surface area contributed by atoms with Crippen molar-refractivity contribution in [2.24, 2.45) is 11.3 Å². The first-order valence-electron chi connectivity index (χ1n) is 15.2. The van der Waals surface area contributed by atoms with Gasteiger partial charge in [-0.1, -0.05) is 57.5 Å². The van der Waals surface area contributed by atoms with Crippen molar-refractivity contribution in [1.82, 2.24) is 15.1 Å². The molecule has 1 spiro atoms. The quantitative estimate of drug-likeness (QED) is 0.441. The van der Waals surface area contributed by atoms with Gasteiger partial charge in [-0.2, -0.15) is 0 Å². The van der Waals surface area contributed by atoms with Crippen molar-refractivity contribution in [3.63, 3.8) is 0 Å². The molecule has 44 heavy (non-hydrogen) atoms. The third-order valence-electron chi connectivity index (χ3n) is 9.24. The van der Waals surface area contributed by atoms with Crippen LogP contribution in [0.2, 0.25) is 0 Å². The Morgan fingerprint density at radius 3 is 2.45 bits per heavy atom. The lowest BCUT2D eigenvalue weighted by Gasteiger charge is -2.37. The van der Waals surface area contributed by atoms with Gasteiger partial charge >= 0.3 is 6.17 Å². The Morgan fingerprint density at radius 1 is 1.16 bits per heavy atom. The average molecular weight is 602 g/mol. The average Bonchev–Trinajstić information content (AvgIpc) is 3.47. The Labute approximate surface area is 258 Å². The van der Waals surface area contributed by atoms with Gasteiger partial charge in [0.2, 0.25) is 17.7 Å². The van der Waals surface area contributed by atoms with Crippen LogP contribution >= 0.6 is 0 Å². The van der Waals surface area contributed by atoms with Crippen LogP contribution in [-0.2, 0) is 31.0 Å². The first-order valence-corrected chi connectivity index (χ1v) is 15.2. The number of hydrogen-bond donors (Lipinski definition) is 2. The highest BCUT2D eigenvalue weighted by atomic mass is 19.1. The number of carbonyl (C=O) groups is 4. The highest BCUT2D eigenvalue weighted by Gasteiger charge is 2.59. The van der Waals surface area contributed by atoms with Crippen LogP contribution in [0, 0.1) is 23.7 Å². The summed E-state index contributed by atoms with van der Waals surface area (Å²) >= 11 is 0. The lowest BCUT2D eigenvalue weighted by atomic mass is 9.80. The number of anilines is 1. The fourth-order valence-electron chi connectivity index (χ4n) is 6.53. The van der Waals surface area contributed by atoms with Crippen molar-refractivity contribution in [2.75, 3.05) is 18.9 Å². The van der Waals surface area contributed by atoms with Gasteiger partial charge in [0.25, 0.3) is 5.91 Å². The topological polar surface area (TPSA) is 103 Å². The standard InChI is InChI=1S/C34H40FN5O4/c1-33(2,3)18-27(31(43)40-20-34(19-28(40)36-4)24-11-6-7-12-25(24)38-32(34)44)39(5)30(42)26(37-29(41)22-9-8-10-22)17-21-13-15-23(35)16-14-21/h6-7,11-16,22,26-28H,8-10,17-20H2,1-3,5H3,(H,37,41)(H,38,44)/t26-,27-,28-,34-/m0/s1. The van der Waals surface area contributed by atoms with Gasteiger partial charge in [-0.15, -0.1) is 0 Å². The Hall–Kier alpha value is -4.26.